The molecule has 2 N–H and O–H groups in total. The van der Waals surface area contributed by atoms with E-state index in [0.29, 0.717) is 4.47 Å². The number of benzene rings is 1. The summed E-state index contributed by atoms with van der Waals surface area (Å²) in [5.41, 5.74) is 7.05. The third-order valence-electron chi connectivity index (χ3n) is 2.93. The average Bonchev–Trinajstić information content (AvgIpc) is 2.24. The second-order valence-corrected chi connectivity index (χ2v) is 5.24. The van der Waals surface area contributed by atoms with Gasteiger partial charge in [-0.25, -0.2) is 4.39 Å². The molecule has 1 atom stereocenters. The molecule has 1 unspecified atom stereocenters. The molecule has 16 heavy (non-hydrogen) atoms. The molecule has 1 saturated heterocycles. The first-order chi connectivity index (χ1) is 7.65. The van der Waals surface area contributed by atoms with Crippen molar-refractivity contribution in [1.82, 2.24) is 4.90 Å². The first kappa shape index (κ1) is 12.0. The van der Waals surface area contributed by atoms with Crippen LogP contribution >= 0.6 is 15.9 Å². The van der Waals surface area contributed by atoms with Gasteiger partial charge in [-0.05, 0) is 53.0 Å². The average molecular weight is 287 g/mol. The Balaban J connectivity index is 2.00. The van der Waals surface area contributed by atoms with Crippen LogP contribution in [0.5, 0.6) is 0 Å². The predicted molar refractivity (Wildman–Crippen MR) is 66.6 cm³/mol. The van der Waals surface area contributed by atoms with Crippen LogP contribution in [0.3, 0.4) is 0 Å². The molecular weight excluding hydrogens is 271 g/mol. The molecule has 0 aromatic heterocycles. The van der Waals surface area contributed by atoms with Crippen molar-refractivity contribution in [2.45, 2.75) is 25.4 Å². The summed E-state index contributed by atoms with van der Waals surface area (Å²) in [6.07, 6.45) is 2.27. The number of hydrogen-bond donors (Lipinski definition) is 1. The first-order valence-electron chi connectivity index (χ1n) is 5.57. The van der Waals surface area contributed by atoms with Crippen molar-refractivity contribution >= 4 is 15.9 Å². The van der Waals surface area contributed by atoms with Gasteiger partial charge < -0.3 is 5.73 Å². The number of hydrogen-bond acceptors (Lipinski definition) is 2. The van der Waals surface area contributed by atoms with E-state index in [1.54, 1.807) is 0 Å². The molecule has 1 aliphatic heterocycles. The van der Waals surface area contributed by atoms with Gasteiger partial charge in [-0.1, -0.05) is 6.07 Å². The molecule has 0 aliphatic carbocycles. The minimum Gasteiger partial charge on any atom is -0.327 e. The Morgan fingerprint density at radius 1 is 1.50 bits per heavy atom. The molecule has 88 valence electrons. The normalized spacial score (nSPS) is 22.3. The quantitative estimate of drug-likeness (QED) is 0.905. The van der Waals surface area contributed by atoms with Crippen molar-refractivity contribution in [3.8, 4) is 0 Å². The molecule has 0 radical (unpaired) electrons. The van der Waals surface area contributed by atoms with Crippen LogP contribution in [0.2, 0.25) is 0 Å². The van der Waals surface area contributed by atoms with E-state index in [1.807, 2.05) is 12.1 Å². The summed E-state index contributed by atoms with van der Waals surface area (Å²) in [6.45, 7) is 2.88. The Hall–Kier alpha value is -0.450. The van der Waals surface area contributed by atoms with Gasteiger partial charge in [0.15, 0.2) is 0 Å². The van der Waals surface area contributed by atoms with Crippen LogP contribution in [0.1, 0.15) is 18.4 Å². The van der Waals surface area contributed by atoms with Crippen LogP contribution in [0.15, 0.2) is 22.7 Å². The van der Waals surface area contributed by atoms with Gasteiger partial charge in [0, 0.05) is 19.1 Å². The summed E-state index contributed by atoms with van der Waals surface area (Å²) >= 11 is 3.20. The van der Waals surface area contributed by atoms with Gasteiger partial charge in [0.05, 0.1) is 4.47 Å². The smallest absolute Gasteiger partial charge is 0.137 e. The predicted octanol–water partition coefficient (Wildman–Crippen LogP) is 2.51. The maximum atomic E-state index is 13.1. The molecule has 2 rings (SSSR count). The molecule has 0 spiro atoms. The minimum absolute atomic E-state index is 0.209. The summed E-state index contributed by atoms with van der Waals surface area (Å²) in [7, 11) is 0. The summed E-state index contributed by atoms with van der Waals surface area (Å²) in [4.78, 5) is 2.33. The van der Waals surface area contributed by atoms with Gasteiger partial charge in [0.2, 0.25) is 0 Å². The summed E-state index contributed by atoms with van der Waals surface area (Å²) < 4.78 is 13.6. The van der Waals surface area contributed by atoms with Gasteiger partial charge in [0.25, 0.3) is 0 Å². The van der Waals surface area contributed by atoms with Crippen LogP contribution < -0.4 is 5.73 Å². The fourth-order valence-electron chi connectivity index (χ4n) is 2.13. The molecule has 1 aromatic carbocycles. The topological polar surface area (TPSA) is 29.3 Å². The van der Waals surface area contributed by atoms with Gasteiger partial charge in [-0.2, -0.15) is 0 Å². The maximum Gasteiger partial charge on any atom is 0.137 e. The number of nitrogens with two attached hydrogens (primary N) is 1. The van der Waals surface area contributed by atoms with Crippen LogP contribution in [0, 0.1) is 5.82 Å². The minimum atomic E-state index is -0.209. The monoisotopic (exact) mass is 286 g/mol. The van der Waals surface area contributed by atoms with E-state index in [9.17, 15) is 4.39 Å². The summed E-state index contributed by atoms with van der Waals surface area (Å²) in [5.74, 6) is -0.209. The standard InChI is InChI=1S/C12H16BrFN2/c13-11-6-9(3-4-12(11)14)7-16-5-1-2-10(15)8-16/h3-4,6,10H,1-2,5,7-8,15H2. The summed E-state index contributed by atoms with van der Waals surface area (Å²) in [6, 6.07) is 5.47. The zero-order valence-electron chi connectivity index (χ0n) is 9.13. The lowest BCUT2D eigenvalue weighted by atomic mass is 10.1. The second kappa shape index (κ2) is 5.25. The van der Waals surface area contributed by atoms with E-state index in [4.69, 9.17) is 5.73 Å². The van der Waals surface area contributed by atoms with Gasteiger partial charge >= 0.3 is 0 Å². The van der Waals surface area contributed by atoms with E-state index in [-0.39, 0.29) is 11.9 Å². The SMILES string of the molecule is NC1CCCN(Cc2ccc(F)c(Br)c2)C1. The third-order valence-corrected chi connectivity index (χ3v) is 3.54. The molecule has 4 heteroatoms. The molecule has 0 bridgehead atoms. The van der Waals surface area contributed by atoms with E-state index >= 15 is 0 Å². The summed E-state index contributed by atoms with van der Waals surface area (Å²) in [5, 5.41) is 0. The Morgan fingerprint density at radius 2 is 2.31 bits per heavy atom. The molecule has 1 heterocycles. The Morgan fingerprint density at radius 3 is 3.00 bits per heavy atom. The van der Waals surface area contributed by atoms with Crippen molar-refractivity contribution in [1.29, 1.82) is 0 Å². The molecule has 2 nitrogen and oxygen atoms in total. The lowest BCUT2D eigenvalue weighted by molar-refractivity contribution is 0.201. The highest BCUT2D eigenvalue weighted by atomic mass is 79.9. The zero-order valence-corrected chi connectivity index (χ0v) is 10.7. The lowest BCUT2D eigenvalue weighted by Crippen LogP contribution is -2.42. The zero-order chi connectivity index (χ0) is 11.5. The van der Waals surface area contributed by atoms with E-state index in [1.165, 1.54) is 6.07 Å². The third kappa shape index (κ3) is 3.03. The van der Waals surface area contributed by atoms with Crippen molar-refractivity contribution in [3.05, 3.63) is 34.1 Å². The number of nitrogens with zero attached hydrogens (tertiary/aromatic N) is 1. The molecule has 1 aromatic rings. The van der Waals surface area contributed by atoms with Gasteiger partial charge in [-0.3, -0.25) is 4.90 Å². The van der Waals surface area contributed by atoms with Crippen LogP contribution in [-0.4, -0.2) is 24.0 Å². The number of halogens is 2. The van der Waals surface area contributed by atoms with Crippen molar-refractivity contribution < 1.29 is 4.39 Å². The maximum absolute atomic E-state index is 13.1. The highest BCUT2D eigenvalue weighted by Crippen LogP contribution is 2.19. The van der Waals surface area contributed by atoms with Crippen molar-refractivity contribution in [2.75, 3.05) is 13.1 Å². The fourth-order valence-corrected chi connectivity index (χ4v) is 2.56. The Labute approximate surface area is 104 Å². The van der Waals surface area contributed by atoms with E-state index in [2.05, 4.69) is 20.8 Å². The lowest BCUT2D eigenvalue weighted by Gasteiger charge is -2.30. The van der Waals surface area contributed by atoms with Crippen molar-refractivity contribution in [3.63, 3.8) is 0 Å². The van der Waals surface area contributed by atoms with E-state index in [0.717, 1.165) is 38.0 Å². The number of likely N-dealkylation sites (tertiary alicyclic amines) is 1. The largest absolute Gasteiger partial charge is 0.327 e. The van der Waals surface area contributed by atoms with E-state index < -0.39 is 0 Å². The van der Waals surface area contributed by atoms with Crippen LogP contribution in [-0.2, 0) is 6.54 Å². The molecule has 1 fully saturated rings. The molecule has 1 aliphatic rings. The highest BCUT2D eigenvalue weighted by molar-refractivity contribution is 9.10. The molecule has 0 saturated carbocycles. The highest BCUT2D eigenvalue weighted by Gasteiger charge is 2.16. The molecular formula is C12H16BrFN2. The fraction of sp³-hybridized carbons (Fsp3) is 0.500. The van der Waals surface area contributed by atoms with Gasteiger partial charge in [-0.15, -0.1) is 0 Å². The first-order valence-corrected chi connectivity index (χ1v) is 6.36. The second-order valence-electron chi connectivity index (χ2n) is 4.39. The van der Waals surface area contributed by atoms with Crippen molar-refractivity contribution in [2.24, 2.45) is 5.73 Å². The Bertz CT molecular complexity index is 370. The number of rotatable bonds is 2. The molecule has 0 amide bonds. The van der Waals surface area contributed by atoms with Crippen LogP contribution in [0.4, 0.5) is 4.39 Å². The van der Waals surface area contributed by atoms with Gasteiger partial charge in [0.1, 0.15) is 5.82 Å². The van der Waals surface area contributed by atoms with Crippen LogP contribution in [0.25, 0.3) is 0 Å². The Kier molecular flexibility index (Phi) is 3.95. The number of piperidine rings is 1.